The Morgan fingerprint density at radius 1 is 0.865 bits per heavy atom. The van der Waals surface area contributed by atoms with Crippen molar-refractivity contribution in [1.82, 2.24) is 26.2 Å². The van der Waals surface area contributed by atoms with Crippen LogP contribution in [-0.4, -0.2) is 82.7 Å². The maximum absolute atomic E-state index is 15.1. The van der Waals surface area contributed by atoms with Crippen molar-refractivity contribution in [2.75, 3.05) is 12.3 Å². The second-order valence-electron chi connectivity index (χ2n) is 18.0. The average molecular weight is 738 g/mol. The highest BCUT2D eigenvalue weighted by atomic mass is 32.2. The number of hydrogen-bond acceptors (Lipinski definition) is 7. The predicted molar refractivity (Wildman–Crippen MR) is 198 cm³/mol. The van der Waals surface area contributed by atoms with Gasteiger partial charge in [0.05, 0.1) is 10.9 Å². The Kier molecular flexibility index (Phi) is 10.9. The zero-order valence-electron chi connectivity index (χ0n) is 31.3. The molecular formula is C40H59N5O6S. The van der Waals surface area contributed by atoms with E-state index in [0.717, 1.165) is 102 Å². The minimum absolute atomic E-state index is 0.0172. The highest BCUT2D eigenvalue weighted by molar-refractivity contribution is 8.04. The van der Waals surface area contributed by atoms with E-state index in [0.29, 0.717) is 23.8 Å². The van der Waals surface area contributed by atoms with Crippen LogP contribution in [-0.2, 0) is 28.8 Å². The van der Waals surface area contributed by atoms with Gasteiger partial charge in [-0.1, -0.05) is 78.2 Å². The molecule has 0 radical (unpaired) electrons. The lowest BCUT2D eigenvalue weighted by molar-refractivity contribution is -0.148. The monoisotopic (exact) mass is 737 g/mol. The van der Waals surface area contributed by atoms with Gasteiger partial charge >= 0.3 is 0 Å². The van der Waals surface area contributed by atoms with Crippen molar-refractivity contribution >= 4 is 47.1 Å². The van der Waals surface area contributed by atoms with Crippen LogP contribution in [0.3, 0.4) is 0 Å². The van der Waals surface area contributed by atoms with Crippen LogP contribution >= 0.6 is 11.8 Å². The lowest BCUT2D eigenvalue weighted by Crippen LogP contribution is -2.64. The molecule has 0 aromatic rings. The van der Waals surface area contributed by atoms with Gasteiger partial charge in [-0.25, -0.2) is 0 Å². The Hall–Kier alpha value is -2.89. The second kappa shape index (κ2) is 15.1. The number of ketones is 1. The maximum Gasteiger partial charge on any atom is 0.289 e. The molecule has 0 spiro atoms. The molecule has 1 saturated heterocycles. The SMILES string of the molecule is CC1([C@H](NC(=O)[C@@H](NC(=O)C2=CCCS2)C2CCCCC2)C(=O)N2C[C@H]3[C@@H]([C@H]2C(=O)NC(CC2CC2)C(=O)C(=O)NC2CC2)C3(C)C)CCCCC1. The molecule has 11 nitrogen and oxygen atoms in total. The maximum atomic E-state index is 15.1. The largest absolute Gasteiger partial charge is 0.347 e. The minimum atomic E-state index is -0.934. The Bertz CT molecular complexity index is 1480. The molecule has 0 aromatic carbocycles. The quantitative estimate of drug-likeness (QED) is 0.196. The summed E-state index contributed by atoms with van der Waals surface area (Å²) in [5.74, 6) is -1.30. The van der Waals surface area contributed by atoms with Crippen LogP contribution in [0.4, 0.5) is 0 Å². The van der Waals surface area contributed by atoms with Crippen LogP contribution in [0.5, 0.6) is 0 Å². The summed E-state index contributed by atoms with van der Waals surface area (Å²) in [6.07, 6.45) is 16.1. The molecule has 7 aliphatic rings. The van der Waals surface area contributed by atoms with Gasteiger partial charge in [0.15, 0.2) is 0 Å². The molecule has 4 N–H and O–H groups in total. The standard InChI is InChI=1S/C40H59N5O6S/c1-39(2)26-22-45(31(29(26)39)36(49)42-27(21-23-14-15-23)32(46)37(50)41-25-16-17-25)38(51)33(40(3)18-8-5-9-19-40)44-35(48)30(24-11-6-4-7-12-24)43-34(47)28-13-10-20-52-28/h13,23-27,29-31,33H,4-12,14-22H2,1-3H3,(H,41,50)(H,42,49)(H,43,47)(H,44,48)/t26-,27?,29-,30-,31-,33+/m0/s1. The summed E-state index contributed by atoms with van der Waals surface area (Å²) in [5, 5.41) is 12.1. The van der Waals surface area contributed by atoms with Crippen LogP contribution in [0.1, 0.15) is 124 Å². The molecule has 7 rings (SSSR count). The molecule has 5 aliphatic carbocycles. The van der Waals surface area contributed by atoms with E-state index in [1.165, 1.54) is 11.8 Å². The van der Waals surface area contributed by atoms with E-state index >= 15 is 4.79 Å². The summed E-state index contributed by atoms with van der Waals surface area (Å²) in [4.78, 5) is 85.9. The van der Waals surface area contributed by atoms with Crippen molar-refractivity contribution in [3.05, 3.63) is 11.0 Å². The van der Waals surface area contributed by atoms with Crippen molar-refractivity contribution < 1.29 is 28.8 Å². The number of rotatable bonds is 14. The topological polar surface area (TPSA) is 154 Å². The van der Waals surface area contributed by atoms with Crippen molar-refractivity contribution in [1.29, 1.82) is 0 Å². The second-order valence-corrected chi connectivity index (χ2v) is 19.1. The number of Topliss-reactive ketones (excluding diaryl/α,β-unsaturated/α-hetero) is 1. The predicted octanol–water partition coefficient (Wildman–Crippen LogP) is 4.14. The van der Waals surface area contributed by atoms with E-state index in [-0.39, 0.29) is 46.9 Å². The van der Waals surface area contributed by atoms with Crippen molar-refractivity contribution in [3.8, 4) is 0 Å². The smallest absolute Gasteiger partial charge is 0.289 e. The first kappa shape index (κ1) is 37.4. The molecule has 1 unspecified atom stereocenters. The Morgan fingerprint density at radius 2 is 1.56 bits per heavy atom. The van der Waals surface area contributed by atoms with Gasteiger partial charge in [0.1, 0.15) is 18.1 Å². The number of likely N-dealkylation sites (tertiary alicyclic amines) is 1. The van der Waals surface area contributed by atoms with Crippen molar-refractivity contribution in [2.24, 2.45) is 34.5 Å². The highest BCUT2D eigenvalue weighted by Crippen LogP contribution is 2.65. The number of thioether (sulfide) groups is 1. The van der Waals surface area contributed by atoms with Gasteiger partial charge in [-0.05, 0) is 85.9 Å². The summed E-state index contributed by atoms with van der Waals surface area (Å²) in [5.41, 5.74) is -0.681. The van der Waals surface area contributed by atoms with E-state index in [2.05, 4.69) is 42.0 Å². The third-order valence-electron chi connectivity index (χ3n) is 13.6. The van der Waals surface area contributed by atoms with E-state index in [1.54, 1.807) is 4.90 Å². The molecule has 2 heterocycles. The number of fused-ring (bicyclic) bond motifs is 1. The first-order chi connectivity index (χ1) is 24.9. The Balaban J connectivity index is 1.13. The first-order valence-corrected chi connectivity index (χ1v) is 21.3. The fourth-order valence-corrected chi connectivity index (χ4v) is 10.7. The van der Waals surface area contributed by atoms with Crippen LogP contribution < -0.4 is 21.3 Å². The summed E-state index contributed by atoms with van der Waals surface area (Å²) < 4.78 is 0. The molecule has 0 aromatic heterocycles. The van der Waals surface area contributed by atoms with Gasteiger partial charge in [0.25, 0.3) is 11.8 Å². The summed E-state index contributed by atoms with van der Waals surface area (Å²) in [6, 6.07) is -3.33. The van der Waals surface area contributed by atoms with Crippen LogP contribution in [0.15, 0.2) is 11.0 Å². The summed E-state index contributed by atoms with van der Waals surface area (Å²) in [6.45, 7) is 6.73. The summed E-state index contributed by atoms with van der Waals surface area (Å²) >= 11 is 1.51. The van der Waals surface area contributed by atoms with Crippen LogP contribution in [0, 0.1) is 34.5 Å². The van der Waals surface area contributed by atoms with E-state index in [4.69, 9.17) is 0 Å². The Labute approximate surface area is 312 Å². The summed E-state index contributed by atoms with van der Waals surface area (Å²) in [7, 11) is 0. The number of hydrogen-bond donors (Lipinski definition) is 4. The number of amides is 5. The van der Waals surface area contributed by atoms with E-state index in [9.17, 15) is 24.0 Å². The molecule has 5 amide bonds. The van der Waals surface area contributed by atoms with Gasteiger partial charge in [-0.3, -0.25) is 28.8 Å². The molecule has 6 fully saturated rings. The van der Waals surface area contributed by atoms with Gasteiger partial charge in [-0.15, -0.1) is 11.8 Å². The van der Waals surface area contributed by atoms with Gasteiger partial charge in [0.2, 0.25) is 23.5 Å². The van der Waals surface area contributed by atoms with Gasteiger partial charge in [-0.2, -0.15) is 0 Å². The van der Waals surface area contributed by atoms with E-state index in [1.807, 2.05) is 6.08 Å². The third kappa shape index (κ3) is 7.97. The molecule has 12 heteroatoms. The number of nitrogens with one attached hydrogen (secondary N) is 4. The van der Waals surface area contributed by atoms with Crippen LogP contribution in [0.25, 0.3) is 0 Å². The normalized spacial score (nSPS) is 29.5. The molecule has 286 valence electrons. The first-order valence-electron chi connectivity index (χ1n) is 20.3. The molecule has 5 saturated carbocycles. The molecular weight excluding hydrogens is 679 g/mol. The Morgan fingerprint density at radius 3 is 2.19 bits per heavy atom. The zero-order chi connectivity index (χ0) is 36.8. The number of carbonyl (C=O) groups is 6. The number of piperidine rings is 1. The highest BCUT2D eigenvalue weighted by Gasteiger charge is 2.70. The molecule has 6 atom stereocenters. The van der Waals surface area contributed by atoms with E-state index < -0.39 is 47.2 Å². The van der Waals surface area contributed by atoms with Crippen LogP contribution in [0.2, 0.25) is 0 Å². The van der Waals surface area contributed by atoms with Crippen molar-refractivity contribution in [3.63, 3.8) is 0 Å². The van der Waals surface area contributed by atoms with Gasteiger partial charge < -0.3 is 26.2 Å². The molecule has 0 bridgehead atoms. The number of carbonyl (C=O) groups excluding carboxylic acids is 6. The number of allylic oxidation sites excluding steroid dienone is 1. The number of nitrogens with zero attached hydrogens (tertiary/aromatic N) is 1. The minimum Gasteiger partial charge on any atom is -0.347 e. The zero-order valence-corrected chi connectivity index (χ0v) is 32.1. The van der Waals surface area contributed by atoms with Gasteiger partial charge in [0, 0.05) is 18.3 Å². The average Bonchev–Trinajstić information content (AvgIpc) is 4.09. The lowest BCUT2D eigenvalue weighted by Gasteiger charge is -2.44. The third-order valence-corrected chi connectivity index (χ3v) is 14.7. The molecule has 2 aliphatic heterocycles. The fraction of sp³-hybridized carbons (Fsp3) is 0.800. The van der Waals surface area contributed by atoms with Crippen molar-refractivity contribution in [2.45, 2.75) is 154 Å². The fourth-order valence-electron chi connectivity index (χ4n) is 9.86. The lowest BCUT2D eigenvalue weighted by atomic mass is 9.69. The molecule has 52 heavy (non-hydrogen) atoms.